The van der Waals surface area contributed by atoms with Crippen molar-refractivity contribution in [3.63, 3.8) is 0 Å². The van der Waals surface area contributed by atoms with Crippen LogP contribution in [0.5, 0.6) is 0 Å². The van der Waals surface area contributed by atoms with E-state index in [0.717, 1.165) is 13.1 Å². The molecule has 7 nitrogen and oxygen atoms in total. The first kappa shape index (κ1) is 14.0. The number of rotatable bonds is 5. The van der Waals surface area contributed by atoms with Crippen LogP contribution in [0.15, 0.2) is 10.6 Å². The summed E-state index contributed by atoms with van der Waals surface area (Å²) < 4.78 is 10.4. The van der Waals surface area contributed by atoms with Gasteiger partial charge in [-0.3, -0.25) is 9.69 Å². The topological polar surface area (TPSA) is 93.6 Å². The van der Waals surface area contributed by atoms with Crippen LogP contribution in [-0.2, 0) is 9.53 Å². The van der Waals surface area contributed by atoms with Crippen LogP contribution < -0.4 is 11.1 Å². The van der Waals surface area contributed by atoms with E-state index in [0.29, 0.717) is 37.7 Å². The van der Waals surface area contributed by atoms with E-state index < -0.39 is 0 Å². The monoisotopic (exact) mass is 268 g/mol. The molecule has 1 fully saturated rings. The highest BCUT2D eigenvalue weighted by Gasteiger charge is 2.19. The van der Waals surface area contributed by atoms with E-state index in [4.69, 9.17) is 15.0 Å². The molecule has 1 aromatic heterocycles. The van der Waals surface area contributed by atoms with Gasteiger partial charge in [0.05, 0.1) is 12.7 Å². The first-order chi connectivity index (χ1) is 9.17. The first-order valence-electron chi connectivity index (χ1n) is 6.44. The molecule has 1 saturated heterocycles. The van der Waals surface area contributed by atoms with Gasteiger partial charge >= 0.3 is 0 Å². The van der Waals surface area contributed by atoms with Crippen LogP contribution in [0.3, 0.4) is 0 Å². The van der Waals surface area contributed by atoms with Gasteiger partial charge in [0.15, 0.2) is 5.82 Å². The maximum Gasteiger partial charge on any atom is 0.226 e. The van der Waals surface area contributed by atoms with Crippen molar-refractivity contribution in [1.82, 2.24) is 10.1 Å². The Labute approximate surface area is 112 Å². The van der Waals surface area contributed by atoms with Gasteiger partial charge in [0, 0.05) is 38.7 Å². The number of anilines is 1. The highest BCUT2D eigenvalue weighted by Crippen LogP contribution is 2.08. The van der Waals surface area contributed by atoms with Crippen LogP contribution in [0, 0.1) is 6.92 Å². The summed E-state index contributed by atoms with van der Waals surface area (Å²) in [6.07, 6.45) is 0.499. The summed E-state index contributed by atoms with van der Waals surface area (Å²) in [7, 11) is 0. The molecule has 19 heavy (non-hydrogen) atoms. The third kappa shape index (κ3) is 4.30. The van der Waals surface area contributed by atoms with Gasteiger partial charge in [-0.1, -0.05) is 5.16 Å². The molecule has 7 heteroatoms. The Bertz CT molecular complexity index is 421. The maximum absolute atomic E-state index is 11.7. The van der Waals surface area contributed by atoms with E-state index >= 15 is 0 Å². The summed E-state index contributed by atoms with van der Waals surface area (Å²) in [5.41, 5.74) is 5.58. The number of hydrogen-bond donors (Lipinski definition) is 2. The molecule has 0 spiro atoms. The number of carbonyl (C=O) groups is 1. The number of hydrogen-bond acceptors (Lipinski definition) is 6. The second-order valence-electron chi connectivity index (χ2n) is 4.65. The molecule has 2 heterocycles. The van der Waals surface area contributed by atoms with E-state index in [1.54, 1.807) is 13.0 Å². The first-order valence-corrected chi connectivity index (χ1v) is 6.44. The Kier molecular flexibility index (Phi) is 4.89. The van der Waals surface area contributed by atoms with Crippen molar-refractivity contribution in [2.24, 2.45) is 5.73 Å². The van der Waals surface area contributed by atoms with Gasteiger partial charge in [0.2, 0.25) is 5.91 Å². The Morgan fingerprint density at radius 1 is 1.68 bits per heavy atom. The molecule has 0 aliphatic carbocycles. The molecule has 0 radical (unpaired) electrons. The smallest absolute Gasteiger partial charge is 0.226 e. The SMILES string of the molecule is Cc1cc(NC(=O)CCN2CCOC(CN)C2)no1. The minimum Gasteiger partial charge on any atom is -0.374 e. The quantitative estimate of drug-likeness (QED) is 0.779. The van der Waals surface area contributed by atoms with E-state index in [9.17, 15) is 4.79 Å². The summed E-state index contributed by atoms with van der Waals surface area (Å²) in [4.78, 5) is 13.9. The van der Waals surface area contributed by atoms with Crippen molar-refractivity contribution < 1.29 is 14.1 Å². The molecule has 1 atom stereocenters. The van der Waals surface area contributed by atoms with Crippen LogP contribution in [-0.4, -0.2) is 54.9 Å². The zero-order chi connectivity index (χ0) is 13.7. The van der Waals surface area contributed by atoms with Gasteiger partial charge in [-0.2, -0.15) is 0 Å². The van der Waals surface area contributed by atoms with Crippen LogP contribution in [0.1, 0.15) is 12.2 Å². The highest BCUT2D eigenvalue weighted by atomic mass is 16.5. The number of carbonyl (C=O) groups excluding carboxylic acids is 1. The zero-order valence-corrected chi connectivity index (χ0v) is 11.1. The molecule has 3 N–H and O–H groups in total. The van der Waals surface area contributed by atoms with Gasteiger partial charge in [-0.25, -0.2) is 0 Å². The van der Waals surface area contributed by atoms with Crippen LogP contribution >= 0.6 is 0 Å². The largest absolute Gasteiger partial charge is 0.374 e. The fourth-order valence-electron chi connectivity index (χ4n) is 2.02. The highest BCUT2D eigenvalue weighted by molar-refractivity contribution is 5.89. The molecule has 0 bridgehead atoms. The lowest BCUT2D eigenvalue weighted by Crippen LogP contribution is -2.46. The van der Waals surface area contributed by atoms with Gasteiger partial charge in [-0.15, -0.1) is 0 Å². The fourth-order valence-corrected chi connectivity index (χ4v) is 2.02. The Balaban J connectivity index is 1.71. The summed E-state index contributed by atoms with van der Waals surface area (Å²) in [5, 5.41) is 6.42. The van der Waals surface area contributed by atoms with E-state index in [1.807, 2.05) is 0 Å². The standard InChI is InChI=1S/C12H20N4O3/c1-9-6-11(15-19-9)14-12(17)2-3-16-4-5-18-10(7-13)8-16/h6,10H,2-5,7-8,13H2,1H3,(H,14,15,17). The van der Waals surface area contributed by atoms with Crippen molar-refractivity contribution in [2.75, 3.05) is 38.1 Å². The molecule has 1 unspecified atom stereocenters. The molecule has 2 rings (SSSR count). The lowest BCUT2D eigenvalue weighted by atomic mass is 10.2. The number of amides is 1. The fraction of sp³-hybridized carbons (Fsp3) is 0.667. The number of nitrogens with one attached hydrogen (secondary N) is 1. The normalized spacial score (nSPS) is 20.4. The molecular formula is C12H20N4O3. The van der Waals surface area contributed by atoms with Gasteiger partial charge in [-0.05, 0) is 6.92 Å². The molecule has 1 aliphatic heterocycles. The Hall–Kier alpha value is -1.44. The molecule has 0 saturated carbocycles. The third-order valence-electron chi connectivity index (χ3n) is 3.04. The molecular weight excluding hydrogens is 248 g/mol. The predicted octanol–water partition coefficient (Wildman–Crippen LogP) is -0.0289. The number of aryl methyl sites for hydroxylation is 1. The van der Waals surface area contributed by atoms with Crippen molar-refractivity contribution in [1.29, 1.82) is 0 Å². The Morgan fingerprint density at radius 2 is 2.53 bits per heavy atom. The van der Waals surface area contributed by atoms with E-state index in [-0.39, 0.29) is 12.0 Å². The minimum absolute atomic E-state index is 0.0657. The minimum atomic E-state index is -0.0657. The average Bonchev–Trinajstić information content (AvgIpc) is 2.82. The Morgan fingerprint density at radius 3 is 3.21 bits per heavy atom. The lowest BCUT2D eigenvalue weighted by molar-refractivity contribution is -0.117. The predicted molar refractivity (Wildman–Crippen MR) is 69.7 cm³/mol. The van der Waals surface area contributed by atoms with Gasteiger partial charge in [0.1, 0.15) is 5.76 Å². The van der Waals surface area contributed by atoms with Gasteiger partial charge in [0.25, 0.3) is 0 Å². The zero-order valence-electron chi connectivity index (χ0n) is 11.1. The molecule has 1 aliphatic rings. The lowest BCUT2D eigenvalue weighted by Gasteiger charge is -2.32. The summed E-state index contributed by atoms with van der Waals surface area (Å²) >= 11 is 0. The number of nitrogens with zero attached hydrogens (tertiary/aromatic N) is 2. The van der Waals surface area contributed by atoms with Crippen molar-refractivity contribution in [3.8, 4) is 0 Å². The summed E-state index contributed by atoms with van der Waals surface area (Å²) in [6, 6.07) is 1.69. The number of nitrogens with two attached hydrogens (primary N) is 1. The third-order valence-corrected chi connectivity index (χ3v) is 3.04. The van der Waals surface area contributed by atoms with Crippen molar-refractivity contribution in [2.45, 2.75) is 19.4 Å². The van der Waals surface area contributed by atoms with Crippen LogP contribution in [0.25, 0.3) is 0 Å². The van der Waals surface area contributed by atoms with Gasteiger partial charge < -0.3 is 20.3 Å². The molecule has 0 aromatic carbocycles. The molecule has 1 amide bonds. The van der Waals surface area contributed by atoms with Crippen LogP contribution in [0.4, 0.5) is 5.82 Å². The van der Waals surface area contributed by atoms with Crippen molar-refractivity contribution in [3.05, 3.63) is 11.8 Å². The number of aromatic nitrogens is 1. The maximum atomic E-state index is 11.7. The summed E-state index contributed by atoms with van der Waals surface area (Å²) in [5.74, 6) is 1.07. The van der Waals surface area contributed by atoms with Crippen LogP contribution in [0.2, 0.25) is 0 Å². The molecule has 1 aromatic rings. The number of morpholine rings is 1. The van der Waals surface area contributed by atoms with E-state index in [2.05, 4.69) is 15.4 Å². The number of ether oxygens (including phenoxy) is 1. The van der Waals surface area contributed by atoms with Crippen molar-refractivity contribution >= 4 is 11.7 Å². The second-order valence-corrected chi connectivity index (χ2v) is 4.65. The molecule has 106 valence electrons. The summed E-state index contributed by atoms with van der Waals surface area (Å²) in [6.45, 7) is 5.29. The average molecular weight is 268 g/mol. The second kappa shape index (κ2) is 6.65. The van der Waals surface area contributed by atoms with E-state index in [1.165, 1.54) is 0 Å².